The molecule has 0 saturated carbocycles. The quantitative estimate of drug-likeness (QED) is 0.151. The van der Waals surface area contributed by atoms with E-state index in [4.69, 9.17) is 72.7 Å². The second-order valence-electron chi connectivity index (χ2n) is 11.6. The van der Waals surface area contributed by atoms with Crippen LogP contribution in [-0.2, 0) is 54.7 Å². The Kier molecular flexibility index (Phi) is 18.7. The van der Waals surface area contributed by atoms with Crippen molar-refractivity contribution in [3.63, 3.8) is 0 Å². The van der Waals surface area contributed by atoms with E-state index in [9.17, 15) is 14.4 Å². The number of amides is 3. The first-order valence-electron chi connectivity index (χ1n) is 16.4. The average Bonchev–Trinajstić information content (AvgIpc) is 3.94. The Morgan fingerprint density at radius 3 is 0.865 bits per heavy atom. The molecular formula is C36H36Cl3CoN6O3S3. The van der Waals surface area contributed by atoms with Gasteiger partial charge in [0.15, 0.2) is 0 Å². The molecule has 0 atom stereocenters. The van der Waals surface area contributed by atoms with Crippen LogP contribution in [0.15, 0.2) is 87.8 Å². The molecule has 3 amide bonds. The molecule has 3 saturated heterocycles. The zero-order chi connectivity index (χ0) is 36.8. The number of likely N-dealkylation sites (tertiary alicyclic amines) is 3. The van der Waals surface area contributed by atoms with Crippen LogP contribution in [0.5, 0.6) is 0 Å². The Labute approximate surface area is 346 Å². The summed E-state index contributed by atoms with van der Waals surface area (Å²) in [5, 5.41) is 2.33. The molecule has 3 aliphatic rings. The van der Waals surface area contributed by atoms with Gasteiger partial charge in [0.2, 0.25) is 0 Å². The van der Waals surface area contributed by atoms with Crippen LogP contribution < -0.4 is 0 Å². The van der Waals surface area contributed by atoms with Crippen LogP contribution >= 0.6 is 34.8 Å². The SMILES string of the molecule is O=C(N=C([S-])N1CCCC1)c1ccccc1Cl.O=C(N=C([S-])N1CCCC1)c1ccccc1Cl.O=C(N=C([S-])N1CCCC1)c1ccccc1Cl.[Co+3]. The smallest absolute Gasteiger partial charge is 0.742 e. The predicted molar refractivity (Wildman–Crippen MR) is 214 cm³/mol. The first-order chi connectivity index (χ1) is 24.5. The molecule has 16 heteroatoms. The third-order valence-electron chi connectivity index (χ3n) is 8.03. The standard InChI is InChI=1S/3C12H13ClN2OS.Co/c3*13-10-6-2-1-5-9(10)11(16)14-12(17)15-7-3-4-8-15;/h3*1-2,5-6H,3-4,7-8H2,(H,14,16,17);/q;;;+3/p-3. The summed E-state index contributed by atoms with van der Waals surface area (Å²) in [6.07, 6.45) is 6.64. The Hall–Kier alpha value is -2.88. The van der Waals surface area contributed by atoms with Gasteiger partial charge in [-0.15, -0.1) is 0 Å². The number of aliphatic imine (C=N–C) groups is 3. The fourth-order valence-electron chi connectivity index (χ4n) is 5.28. The minimum atomic E-state index is -0.368. The maximum atomic E-state index is 11.9. The van der Waals surface area contributed by atoms with E-state index in [1.165, 1.54) is 0 Å². The van der Waals surface area contributed by atoms with Gasteiger partial charge in [-0.1, -0.05) is 71.2 Å². The Morgan fingerprint density at radius 2 is 0.654 bits per heavy atom. The third-order valence-corrected chi connectivity index (χ3v) is 10.1. The van der Waals surface area contributed by atoms with E-state index in [0.29, 0.717) is 47.3 Å². The third kappa shape index (κ3) is 13.2. The predicted octanol–water partition coefficient (Wildman–Crippen LogP) is 7.43. The Bertz CT molecular complexity index is 1580. The summed E-state index contributed by atoms with van der Waals surface area (Å²) in [6, 6.07) is 20.6. The van der Waals surface area contributed by atoms with Crippen LogP contribution in [0.3, 0.4) is 0 Å². The fourth-order valence-corrected chi connectivity index (χ4v) is 6.73. The maximum absolute atomic E-state index is 11.9. The number of benzene rings is 3. The molecule has 9 nitrogen and oxygen atoms in total. The number of halogens is 3. The van der Waals surface area contributed by atoms with Crippen LogP contribution in [0.1, 0.15) is 69.6 Å². The van der Waals surface area contributed by atoms with Gasteiger partial charge >= 0.3 is 16.8 Å². The number of carbonyl (C=O) groups excluding carboxylic acids is 3. The summed E-state index contributed by atoms with van der Waals surface area (Å²) in [6.45, 7) is 5.32. The molecule has 0 spiro atoms. The van der Waals surface area contributed by atoms with E-state index in [-0.39, 0.29) is 34.5 Å². The number of carbonyl (C=O) groups is 3. The molecule has 0 radical (unpaired) electrons. The van der Waals surface area contributed by atoms with Crippen LogP contribution in [0, 0.1) is 0 Å². The topological polar surface area (TPSA) is 98.0 Å². The molecule has 3 fully saturated rings. The van der Waals surface area contributed by atoms with Crippen molar-refractivity contribution in [2.24, 2.45) is 15.0 Å². The molecule has 0 aliphatic carbocycles. The van der Waals surface area contributed by atoms with E-state index in [1.807, 2.05) is 14.7 Å². The molecule has 3 aromatic rings. The number of hydrogen-bond donors (Lipinski definition) is 0. The van der Waals surface area contributed by atoms with E-state index < -0.39 is 0 Å². The largest absolute Gasteiger partial charge is 3.00 e. The number of hydrogen-bond acceptors (Lipinski definition) is 6. The van der Waals surface area contributed by atoms with Crippen LogP contribution in [-0.4, -0.2) is 87.2 Å². The zero-order valence-corrected chi connectivity index (χ0v) is 33.8. The molecule has 0 aromatic heterocycles. The first-order valence-corrected chi connectivity index (χ1v) is 18.8. The molecule has 3 aliphatic heterocycles. The van der Waals surface area contributed by atoms with Gasteiger partial charge in [0.25, 0.3) is 17.7 Å². The van der Waals surface area contributed by atoms with Gasteiger partial charge in [0, 0.05) is 39.3 Å². The molecule has 6 rings (SSSR count). The Balaban J connectivity index is 0.000000208. The molecular weight excluding hydrogens is 826 g/mol. The zero-order valence-electron chi connectivity index (χ0n) is 28.0. The maximum Gasteiger partial charge on any atom is 3.00 e. The van der Waals surface area contributed by atoms with Gasteiger partial charge in [-0.3, -0.25) is 14.4 Å². The van der Waals surface area contributed by atoms with Gasteiger partial charge in [-0.25, -0.2) is 15.0 Å². The van der Waals surface area contributed by atoms with E-state index >= 15 is 0 Å². The van der Waals surface area contributed by atoms with Crippen molar-refractivity contribution in [1.29, 1.82) is 0 Å². The summed E-state index contributed by atoms with van der Waals surface area (Å²) in [5.74, 6) is -1.10. The fraction of sp³-hybridized carbons (Fsp3) is 0.333. The van der Waals surface area contributed by atoms with E-state index in [1.54, 1.807) is 72.8 Å². The van der Waals surface area contributed by atoms with Gasteiger partial charge in [-0.2, -0.15) is 0 Å². The number of rotatable bonds is 3. The van der Waals surface area contributed by atoms with Crippen molar-refractivity contribution >= 4 is 106 Å². The minimum Gasteiger partial charge on any atom is -0.742 e. The number of amidine groups is 3. The molecule has 276 valence electrons. The summed E-state index contributed by atoms with van der Waals surface area (Å²) < 4.78 is 0. The molecule has 3 heterocycles. The average molecular weight is 862 g/mol. The van der Waals surface area contributed by atoms with Gasteiger partial charge in [-0.05, 0) is 90.4 Å². The minimum absolute atomic E-state index is 0. The van der Waals surface area contributed by atoms with Crippen LogP contribution in [0.4, 0.5) is 0 Å². The second-order valence-corrected chi connectivity index (χ2v) is 13.9. The molecule has 0 bridgehead atoms. The summed E-state index contributed by atoms with van der Waals surface area (Å²) in [4.78, 5) is 53.2. The normalized spacial score (nSPS) is 16.0. The van der Waals surface area contributed by atoms with Crippen LogP contribution in [0.25, 0.3) is 0 Å². The van der Waals surface area contributed by atoms with Crippen molar-refractivity contribution < 1.29 is 31.2 Å². The molecule has 0 unspecified atom stereocenters. The summed E-state index contributed by atoms with van der Waals surface area (Å²) in [5.41, 5.74) is 1.20. The van der Waals surface area contributed by atoms with Crippen molar-refractivity contribution in [1.82, 2.24) is 14.7 Å². The summed E-state index contributed by atoms with van der Waals surface area (Å²) in [7, 11) is 0. The van der Waals surface area contributed by atoms with Crippen molar-refractivity contribution in [2.45, 2.75) is 38.5 Å². The monoisotopic (exact) mass is 860 g/mol. The van der Waals surface area contributed by atoms with Gasteiger partial charge in [0.1, 0.15) is 0 Å². The number of nitrogens with zero attached hydrogens (tertiary/aromatic N) is 6. The van der Waals surface area contributed by atoms with Gasteiger partial charge in [0.05, 0.1) is 31.8 Å². The van der Waals surface area contributed by atoms with E-state index in [2.05, 4.69) is 15.0 Å². The Morgan fingerprint density at radius 1 is 0.442 bits per heavy atom. The van der Waals surface area contributed by atoms with Gasteiger partial charge < -0.3 is 52.6 Å². The molecule has 0 N–H and O–H groups in total. The van der Waals surface area contributed by atoms with E-state index in [0.717, 1.165) is 77.8 Å². The summed E-state index contributed by atoms with van der Waals surface area (Å²) >= 11 is 33.2. The second kappa shape index (κ2) is 22.4. The molecule has 3 aromatic carbocycles. The first kappa shape index (κ1) is 43.5. The van der Waals surface area contributed by atoms with Crippen molar-refractivity contribution in [3.05, 3.63) is 105 Å². The molecule has 52 heavy (non-hydrogen) atoms. The van der Waals surface area contributed by atoms with Crippen molar-refractivity contribution in [2.75, 3.05) is 39.3 Å². The van der Waals surface area contributed by atoms with Crippen LogP contribution in [0.2, 0.25) is 15.1 Å². The van der Waals surface area contributed by atoms with Crippen molar-refractivity contribution in [3.8, 4) is 0 Å².